The third-order valence-electron chi connectivity index (χ3n) is 2.90. The van der Waals surface area contributed by atoms with Crippen LogP contribution in [0.15, 0.2) is 34.7 Å². The molecular formula is C12H17N3O2S2. The van der Waals surface area contributed by atoms with Crippen LogP contribution in [0.1, 0.15) is 23.5 Å². The van der Waals surface area contributed by atoms with Gasteiger partial charge in [0.2, 0.25) is 10.0 Å². The Labute approximate surface area is 117 Å². The number of nitrogens with one attached hydrogen (secondary N) is 1. The van der Waals surface area contributed by atoms with Gasteiger partial charge in [-0.2, -0.15) is 0 Å². The largest absolute Gasteiger partial charge is 0.352 e. The first-order valence-electron chi connectivity index (χ1n) is 5.85. The number of sulfonamides is 1. The average molecular weight is 299 g/mol. The van der Waals surface area contributed by atoms with Crippen LogP contribution in [0.2, 0.25) is 0 Å². The molecule has 0 bridgehead atoms. The molecule has 0 spiro atoms. The number of hydrogen-bond acceptors (Lipinski definition) is 4. The van der Waals surface area contributed by atoms with Gasteiger partial charge in [0.15, 0.2) is 0 Å². The zero-order chi connectivity index (χ0) is 14.0. The predicted molar refractivity (Wildman–Crippen MR) is 76.4 cm³/mol. The summed E-state index contributed by atoms with van der Waals surface area (Å²) in [6, 6.07) is 5.17. The molecule has 2 heterocycles. The molecule has 2 aromatic heterocycles. The van der Waals surface area contributed by atoms with Crippen LogP contribution in [-0.2, 0) is 23.6 Å². The summed E-state index contributed by atoms with van der Waals surface area (Å²) in [7, 11) is -1.74. The molecule has 19 heavy (non-hydrogen) atoms. The SMILES string of the molecule is CC(NS(=O)(=O)c1cc(CN)n(C)c1)c1cccs1. The Hall–Kier alpha value is -1.15. The van der Waals surface area contributed by atoms with Gasteiger partial charge in [0.1, 0.15) is 0 Å². The molecule has 0 aromatic carbocycles. The van der Waals surface area contributed by atoms with Gasteiger partial charge in [-0.15, -0.1) is 11.3 Å². The summed E-state index contributed by atoms with van der Waals surface area (Å²) in [6.07, 6.45) is 1.58. The van der Waals surface area contributed by atoms with Crippen molar-refractivity contribution >= 4 is 21.4 Å². The monoisotopic (exact) mass is 299 g/mol. The lowest BCUT2D eigenvalue weighted by Crippen LogP contribution is -2.26. The molecule has 2 aromatic rings. The van der Waals surface area contributed by atoms with Crippen molar-refractivity contribution in [3.63, 3.8) is 0 Å². The Morgan fingerprint density at radius 2 is 2.26 bits per heavy atom. The number of aromatic nitrogens is 1. The van der Waals surface area contributed by atoms with Crippen LogP contribution >= 0.6 is 11.3 Å². The Morgan fingerprint density at radius 1 is 1.53 bits per heavy atom. The van der Waals surface area contributed by atoms with Crippen molar-refractivity contribution in [1.29, 1.82) is 0 Å². The molecule has 2 rings (SSSR count). The van der Waals surface area contributed by atoms with Crippen LogP contribution in [-0.4, -0.2) is 13.0 Å². The van der Waals surface area contributed by atoms with E-state index in [0.717, 1.165) is 10.6 Å². The normalized spacial score (nSPS) is 13.6. The number of nitrogens with two attached hydrogens (primary N) is 1. The smallest absolute Gasteiger partial charge is 0.242 e. The summed E-state index contributed by atoms with van der Waals surface area (Å²) in [4.78, 5) is 1.23. The lowest BCUT2D eigenvalue weighted by atomic mass is 10.3. The van der Waals surface area contributed by atoms with E-state index in [2.05, 4.69) is 4.72 Å². The molecule has 0 fully saturated rings. The third kappa shape index (κ3) is 3.06. The van der Waals surface area contributed by atoms with Crippen molar-refractivity contribution in [2.45, 2.75) is 24.4 Å². The van der Waals surface area contributed by atoms with Gasteiger partial charge in [0.05, 0.1) is 10.9 Å². The van der Waals surface area contributed by atoms with Crippen LogP contribution in [0.25, 0.3) is 0 Å². The van der Waals surface area contributed by atoms with Crippen LogP contribution in [0.5, 0.6) is 0 Å². The lowest BCUT2D eigenvalue weighted by molar-refractivity contribution is 0.568. The molecule has 0 aliphatic heterocycles. The van der Waals surface area contributed by atoms with E-state index in [0.29, 0.717) is 6.54 Å². The number of hydrogen-bond donors (Lipinski definition) is 2. The van der Waals surface area contributed by atoms with Gasteiger partial charge in [-0.05, 0) is 24.4 Å². The van der Waals surface area contributed by atoms with E-state index < -0.39 is 10.0 Å². The molecule has 0 aliphatic rings. The standard InChI is InChI=1S/C12H17N3O2S2/c1-9(12-4-3-5-18-12)14-19(16,17)11-6-10(7-13)15(2)8-11/h3-6,8-9,14H,7,13H2,1-2H3. The average Bonchev–Trinajstić information content (AvgIpc) is 2.96. The highest BCUT2D eigenvalue weighted by molar-refractivity contribution is 7.89. The highest BCUT2D eigenvalue weighted by Gasteiger charge is 2.20. The topological polar surface area (TPSA) is 77.1 Å². The molecule has 7 heteroatoms. The molecule has 3 N–H and O–H groups in total. The minimum atomic E-state index is -3.52. The van der Waals surface area contributed by atoms with E-state index in [4.69, 9.17) is 5.73 Å². The summed E-state index contributed by atoms with van der Waals surface area (Å²) in [5, 5.41) is 1.93. The molecule has 1 unspecified atom stereocenters. The summed E-state index contributed by atoms with van der Waals surface area (Å²) < 4.78 is 28.9. The van der Waals surface area contributed by atoms with Gasteiger partial charge in [-0.1, -0.05) is 6.07 Å². The molecule has 1 atom stereocenters. The van der Waals surface area contributed by atoms with E-state index in [1.165, 1.54) is 11.3 Å². The van der Waals surface area contributed by atoms with Crippen LogP contribution in [0.3, 0.4) is 0 Å². The van der Waals surface area contributed by atoms with E-state index in [1.807, 2.05) is 24.4 Å². The second-order valence-corrected chi connectivity index (χ2v) is 7.03. The molecule has 0 aliphatic carbocycles. The molecule has 104 valence electrons. The van der Waals surface area contributed by atoms with Crippen molar-refractivity contribution in [1.82, 2.24) is 9.29 Å². The van der Waals surface area contributed by atoms with Gasteiger partial charge >= 0.3 is 0 Å². The highest BCUT2D eigenvalue weighted by atomic mass is 32.2. The lowest BCUT2D eigenvalue weighted by Gasteiger charge is -2.11. The maximum Gasteiger partial charge on any atom is 0.242 e. The first kappa shape index (κ1) is 14.3. The third-order valence-corrected chi connectivity index (χ3v) is 5.47. The minimum Gasteiger partial charge on any atom is -0.352 e. The molecule has 5 nitrogen and oxygen atoms in total. The zero-order valence-corrected chi connectivity index (χ0v) is 12.5. The van der Waals surface area contributed by atoms with E-state index in [-0.39, 0.29) is 10.9 Å². The molecule has 0 amide bonds. The first-order chi connectivity index (χ1) is 8.94. The van der Waals surface area contributed by atoms with E-state index in [9.17, 15) is 8.42 Å². The second kappa shape index (κ2) is 5.46. The van der Waals surface area contributed by atoms with Gasteiger partial charge in [0, 0.05) is 30.4 Å². The van der Waals surface area contributed by atoms with Gasteiger partial charge in [-0.25, -0.2) is 13.1 Å². The number of thiophene rings is 1. The Morgan fingerprint density at radius 3 is 2.79 bits per heavy atom. The van der Waals surface area contributed by atoms with Gasteiger partial charge in [-0.3, -0.25) is 0 Å². The predicted octanol–water partition coefficient (Wildman–Crippen LogP) is 1.58. The number of aryl methyl sites for hydroxylation is 1. The van der Waals surface area contributed by atoms with Crippen molar-refractivity contribution in [3.05, 3.63) is 40.3 Å². The maximum atomic E-state index is 12.3. The Kier molecular flexibility index (Phi) is 4.10. The van der Waals surface area contributed by atoms with Crippen LogP contribution in [0, 0.1) is 0 Å². The fraction of sp³-hybridized carbons (Fsp3) is 0.333. The van der Waals surface area contributed by atoms with E-state index >= 15 is 0 Å². The summed E-state index contributed by atoms with van der Waals surface area (Å²) in [5.74, 6) is 0. The molecule has 0 saturated heterocycles. The fourth-order valence-corrected chi connectivity index (χ4v) is 3.95. The summed E-state index contributed by atoms with van der Waals surface area (Å²) >= 11 is 1.53. The van der Waals surface area contributed by atoms with Gasteiger partial charge < -0.3 is 10.3 Å². The van der Waals surface area contributed by atoms with Crippen molar-refractivity contribution in [2.75, 3.05) is 0 Å². The Balaban J connectivity index is 2.22. The van der Waals surface area contributed by atoms with Crippen LogP contribution in [0.4, 0.5) is 0 Å². The van der Waals surface area contributed by atoms with Crippen molar-refractivity contribution in [3.8, 4) is 0 Å². The van der Waals surface area contributed by atoms with E-state index in [1.54, 1.807) is 23.9 Å². The van der Waals surface area contributed by atoms with Crippen molar-refractivity contribution < 1.29 is 8.42 Å². The second-order valence-electron chi connectivity index (χ2n) is 4.34. The van der Waals surface area contributed by atoms with Gasteiger partial charge in [0.25, 0.3) is 0 Å². The highest BCUT2D eigenvalue weighted by Crippen LogP contribution is 2.21. The minimum absolute atomic E-state index is 0.244. The number of nitrogens with zero attached hydrogens (tertiary/aromatic N) is 1. The summed E-state index contributed by atoms with van der Waals surface area (Å²) in [5.41, 5.74) is 6.33. The fourth-order valence-electron chi connectivity index (χ4n) is 1.82. The maximum absolute atomic E-state index is 12.3. The van der Waals surface area contributed by atoms with Crippen molar-refractivity contribution in [2.24, 2.45) is 12.8 Å². The molecular weight excluding hydrogens is 282 g/mol. The first-order valence-corrected chi connectivity index (χ1v) is 8.21. The molecule has 0 radical (unpaired) electrons. The quantitative estimate of drug-likeness (QED) is 0.880. The number of rotatable bonds is 5. The van der Waals surface area contributed by atoms with Crippen LogP contribution < -0.4 is 10.5 Å². The molecule has 0 saturated carbocycles. The Bertz CT molecular complexity index is 645. The summed E-state index contributed by atoms with van der Waals surface area (Å²) in [6.45, 7) is 2.14. The zero-order valence-electron chi connectivity index (χ0n) is 10.8.